The predicted octanol–water partition coefficient (Wildman–Crippen LogP) is 2.12. The Hall–Kier alpha value is -1.38. The first kappa shape index (κ1) is 9.19. The average molecular weight is 193 g/mol. The molecule has 1 aliphatic rings. The Labute approximate surface area is 82.3 Å². The van der Waals surface area contributed by atoms with Gasteiger partial charge in [0.1, 0.15) is 5.82 Å². The van der Waals surface area contributed by atoms with E-state index in [9.17, 15) is 9.18 Å². The van der Waals surface area contributed by atoms with Crippen molar-refractivity contribution in [3.63, 3.8) is 0 Å². The molecule has 0 unspecified atom stereocenters. The van der Waals surface area contributed by atoms with Crippen molar-refractivity contribution in [2.45, 2.75) is 26.3 Å². The van der Waals surface area contributed by atoms with Gasteiger partial charge >= 0.3 is 0 Å². The van der Waals surface area contributed by atoms with E-state index in [4.69, 9.17) is 0 Å². The summed E-state index contributed by atoms with van der Waals surface area (Å²) < 4.78 is 13.5. The number of rotatable bonds is 1. The van der Waals surface area contributed by atoms with Crippen molar-refractivity contribution in [2.24, 2.45) is 0 Å². The molecule has 14 heavy (non-hydrogen) atoms. The zero-order chi connectivity index (χ0) is 10.3. The summed E-state index contributed by atoms with van der Waals surface area (Å²) in [7, 11) is 0. The lowest BCUT2D eigenvalue weighted by Crippen LogP contribution is -2.34. The van der Waals surface area contributed by atoms with Crippen LogP contribution in [0.2, 0.25) is 0 Å². The van der Waals surface area contributed by atoms with Gasteiger partial charge in [-0.25, -0.2) is 4.39 Å². The third-order valence-corrected chi connectivity index (χ3v) is 2.44. The van der Waals surface area contributed by atoms with Crippen molar-refractivity contribution in [3.8, 4) is 0 Å². The number of halogens is 1. The third-order valence-electron chi connectivity index (χ3n) is 2.44. The lowest BCUT2D eigenvalue weighted by atomic mass is 10.1. The molecule has 0 saturated carbocycles. The van der Waals surface area contributed by atoms with Crippen molar-refractivity contribution in [1.82, 2.24) is 0 Å². The number of hydrogen-bond acceptors (Lipinski definition) is 1. The number of anilines is 1. The monoisotopic (exact) mass is 193 g/mol. The summed E-state index contributed by atoms with van der Waals surface area (Å²) in [6.45, 7) is 3.78. The highest BCUT2D eigenvalue weighted by Crippen LogP contribution is 2.32. The second-order valence-corrected chi connectivity index (χ2v) is 3.78. The van der Waals surface area contributed by atoms with Gasteiger partial charge in [0.15, 0.2) is 0 Å². The molecule has 0 spiro atoms. The molecule has 0 saturated heterocycles. The first-order valence-corrected chi connectivity index (χ1v) is 4.70. The van der Waals surface area contributed by atoms with Gasteiger partial charge in [-0.1, -0.05) is 12.1 Å². The number of fused-ring (bicyclic) bond motifs is 1. The Bertz CT molecular complexity index is 387. The Morgan fingerprint density at radius 2 is 2.14 bits per heavy atom. The van der Waals surface area contributed by atoms with Gasteiger partial charge < -0.3 is 4.90 Å². The number of carbonyl (C=O) groups excluding carboxylic acids is 1. The molecule has 0 aromatic heterocycles. The van der Waals surface area contributed by atoms with Crippen molar-refractivity contribution >= 4 is 11.6 Å². The number of carbonyl (C=O) groups is 1. The fourth-order valence-corrected chi connectivity index (χ4v) is 1.89. The van der Waals surface area contributed by atoms with Gasteiger partial charge in [0, 0.05) is 6.04 Å². The standard InChI is InChI=1S/C11H12FNO/c1-7(2)13-10(14)6-8-4-3-5-9(12)11(8)13/h3-5,7H,6H2,1-2H3. The fourth-order valence-electron chi connectivity index (χ4n) is 1.89. The number of benzene rings is 1. The summed E-state index contributed by atoms with van der Waals surface area (Å²) in [5.41, 5.74) is 1.26. The summed E-state index contributed by atoms with van der Waals surface area (Å²) in [5.74, 6) is -0.317. The molecular formula is C11H12FNO. The first-order chi connectivity index (χ1) is 6.61. The number of amides is 1. The minimum Gasteiger partial charge on any atom is -0.307 e. The number of hydrogen-bond donors (Lipinski definition) is 0. The smallest absolute Gasteiger partial charge is 0.231 e. The van der Waals surface area contributed by atoms with Crippen LogP contribution in [-0.2, 0) is 11.2 Å². The van der Waals surface area contributed by atoms with Crippen LogP contribution in [0.5, 0.6) is 0 Å². The highest BCUT2D eigenvalue weighted by molar-refractivity contribution is 6.01. The van der Waals surface area contributed by atoms with Gasteiger partial charge in [-0.15, -0.1) is 0 Å². The molecule has 1 aliphatic heterocycles. The second kappa shape index (κ2) is 3.08. The molecule has 0 atom stereocenters. The van der Waals surface area contributed by atoms with E-state index >= 15 is 0 Å². The van der Waals surface area contributed by atoms with Crippen LogP contribution in [0.1, 0.15) is 19.4 Å². The molecule has 0 fully saturated rings. The van der Waals surface area contributed by atoms with Crippen molar-refractivity contribution in [1.29, 1.82) is 0 Å². The summed E-state index contributed by atoms with van der Waals surface area (Å²) in [4.78, 5) is 13.1. The molecule has 0 bridgehead atoms. The van der Waals surface area contributed by atoms with Crippen LogP contribution < -0.4 is 4.90 Å². The van der Waals surface area contributed by atoms with Gasteiger partial charge in [0.05, 0.1) is 12.1 Å². The normalized spacial score (nSPS) is 15.1. The molecule has 2 nitrogen and oxygen atoms in total. The van der Waals surface area contributed by atoms with Crippen LogP contribution in [0, 0.1) is 5.82 Å². The van der Waals surface area contributed by atoms with Gasteiger partial charge in [0.2, 0.25) is 5.91 Å². The van der Waals surface area contributed by atoms with E-state index in [1.54, 1.807) is 12.1 Å². The van der Waals surface area contributed by atoms with Crippen LogP contribution in [-0.4, -0.2) is 11.9 Å². The zero-order valence-electron chi connectivity index (χ0n) is 8.25. The van der Waals surface area contributed by atoms with E-state index in [0.717, 1.165) is 5.56 Å². The summed E-state index contributed by atoms with van der Waals surface area (Å²) in [5, 5.41) is 0. The van der Waals surface area contributed by atoms with E-state index in [2.05, 4.69) is 0 Å². The van der Waals surface area contributed by atoms with Crippen LogP contribution in [0.3, 0.4) is 0 Å². The third kappa shape index (κ3) is 1.20. The largest absolute Gasteiger partial charge is 0.307 e. The van der Waals surface area contributed by atoms with Crippen LogP contribution >= 0.6 is 0 Å². The molecule has 0 radical (unpaired) electrons. The van der Waals surface area contributed by atoms with Gasteiger partial charge in [-0.05, 0) is 25.5 Å². The van der Waals surface area contributed by atoms with Crippen molar-refractivity contribution in [3.05, 3.63) is 29.6 Å². The van der Waals surface area contributed by atoms with Gasteiger partial charge in [0.25, 0.3) is 0 Å². The van der Waals surface area contributed by atoms with E-state index in [1.165, 1.54) is 11.0 Å². The lowest BCUT2D eigenvalue weighted by Gasteiger charge is -2.22. The maximum Gasteiger partial charge on any atom is 0.231 e. The SMILES string of the molecule is CC(C)N1C(=O)Cc2cccc(F)c21. The summed E-state index contributed by atoms with van der Waals surface area (Å²) in [6.07, 6.45) is 0.325. The van der Waals surface area contributed by atoms with Gasteiger partial charge in [-0.2, -0.15) is 0 Å². The molecule has 74 valence electrons. The topological polar surface area (TPSA) is 20.3 Å². The average Bonchev–Trinajstić information content (AvgIpc) is 2.42. The molecule has 0 N–H and O–H groups in total. The van der Waals surface area contributed by atoms with E-state index in [0.29, 0.717) is 12.1 Å². The van der Waals surface area contributed by atoms with Crippen LogP contribution in [0.15, 0.2) is 18.2 Å². The number of para-hydroxylation sites is 1. The second-order valence-electron chi connectivity index (χ2n) is 3.78. The van der Waals surface area contributed by atoms with E-state index < -0.39 is 0 Å². The molecule has 1 heterocycles. The molecule has 1 aromatic carbocycles. The molecule has 3 heteroatoms. The fraction of sp³-hybridized carbons (Fsp3) is 0.364. The molecule has 2 rings (SSSR count). The molecule has 1 amide bonds. The highest BCUT2D eigenvalue weighted by atomic mass is 19.1. The first-order valence-electron chi connectivity index (χ1n) is 4.70. The maximum atomic E-state index is 13.5. The van der Waals surface area contributed by atoms with Crippen molar-refractivity contribution in [2.75, 3.05) is 4.90 Å². The van der Waals surface area contributed by atoms with E-state index in [-0.39, 0.29) is 17.8 Å². The van der Waals surface area contributed by atoms with E-state index in [1.807, 2.05) is 13.8 Å². The van der Waals surface area contributed by atoms with Crippen LogP contribution in [0.25, 0.3) is 0 Å². The summed E-state index contributed by atoms with van der Waals surface area (Å²) >= 11 is 0. The number of nitrogens with zero attached hydrogens (tertiary/aromatic N) is 1. The maximum absolute atomic E-state index is 13.5. The Balaban J connectivity index is 2.55. The lowest BCUT2D eigenvalue weighted by molar-refractivity contribution is -0.117. The molecular weight excluding hydrogens is 181 g/mol. The Morgan fingerprint density at radius 3 is 2.79 bits per heavy atom. The minimum atomic E-state index is -0.304. The van der Waals surface area contributed by atoms with Gasteiger partial charge in [-0.3, -0.25) is 4.79 Å². The summed E-state index contributed by atoms with van der Waals surface area (Å²) in [6, 6.07) is 4.86. The van der Waals surface area contributed by atoms with Crippen LogP contribution in [0.4, 0.5) is 10.1 Å². The zero-order valence-corrected chi connectivity index (χ0v) is 8.25. The Morgan fingerprint density at radius 1 is 1.43 bits per heavy atom. The predicted molar refractivity (Wildman–Crippen MR) is 52.7 cm³/mol. The molecule has 0 aliphatic carbocycles. The quantitative estimate of drug-likeness (QED) is 0.669. The van der Waals surface area contributed by atoms with Crippen molar-refractivity contribution < 1.29 is 9.18 Å². The molecule has 1 aromatic rings. The minimum absolute atomic E-state index is 0.0138. The highest BCUT2D eigenvalue weighted by Gasteiger charge is 2.31. The Kier molecular flexibility index (Phi) is 2.02.